The first kappa shape index (κ1) is 29.1. The van der Waals surface area contributed by atoms with E-state index < -0.39 is 46.8 Å². The molecule has 1 saturated heterocycles. The standard InChI is InChI=1S/C30H29ClF3N5O4/c1-5-21(41)37-13-19-30(42)39-12-15(11-36(3)4)43-29-27(39)26(38(19)10-14(37)2)17-9-18(31)23(24(32)25(17)35-29)22-16(28(33)34)7-6-8-20(22)40/h5-9,14-15,19,28,40H,1,10-13H2,2-4H3/t14-,15-,19-/m1/s1. The van der Waals surface area contributed by atoms with E-state index in [2.05, 4.69) is 11.6 Å². The molecule has 3 atom stereocenters. The van der Waals surface area contributed by atoms with Crippen LogP contribution in [0.2, 0.25) is 5.02 Å². The summed E-state index contributed by atoms with van der Waals surface area (Å²) in [6.45, 7) is 6.35. The number of ether oxygens (including phenoxy) is 1. The van der Waals surface area contributed by atoms with Crippen molar-refractivity contribution in [2.75, 3.05) is 50.1 Å². The summed E-state index contributed by atoms with van der Waals surface area (Å²) in [6.07, 6.45) is -2.32. The molecule has 0 unspecified atom stereocenters. The van der Waals surface area contributed by atoms with Crippen LogP contribution in [0.3, 0.4) is 0 Å². The van der Waals surface area contributed by atoms with Gasteiger partial charge in [0.1, 0.15) is 29.1 Å². The highest BCUT2D eigenvalue weighted by Crippen LogP contribution is 2.52. The number of aromatic hydroxyl groups is 1. The molecule has 0 radical (unpaired) electrons. The third-order valence-corrected chi connectivity index (χ3v) is 8.48. The number of hydrogen-bond acceptors (Lipinski definition) is 7. The number of piperazine rings is 1. The summed E-state index contributed by atoms with van der Waals surface area (Å²) >= 11 is 6.63. The lowest BCUT2D eigenvalue weighted by molar-refractivity contribution is -0.131. The van der Waals surface area contributed by atoms with E-state index in [9.17, 15) is 23.5 Å². The van der Waals surface area contributed by atoms with E-state index in [1.807, 2.05) is 30.8 Å². The van der Waals surface area contributed by atoms with Crippen molar-refractivity contribution in [3.63, 3.8) is 0 Å². The van der Waals surface area contributed by atoms with Crippen LogP contribution in [0.25, 0.3) is 22.0 Å². The molecule has 3 aliphatic rings. The lowest BCUT2D eigenvalue weighted by Crippen LogP contribution is -2.67. The van der Waals surface area contributed by atoms with Crippen LogP contribution in [0.5, 0.6) is 11.6 Å². The molecule has 2 amide bonds. The summed E-state index contributed by atoms with van der Waals surface area (Å²) in [4.78, 5) is 38.0. The molecule has 9 nitrogen and oxygen atoms in total. The third kappa shape index (κ3) is 4.54. The number of aromatic nitrogens is 1. The van der Waals surface area contributed by atoms with Crippen LogP contribution in [-0.2, 0) is 9.59 Å². The van der Waals surface area contributed by atoms with Gasteiger partial charge in [0, 0.05) is 41.2 Å². The minimum absolute atomic E-state index is 0.0168. The van der Waals surface area contributed by atoms with Crippen LogP contribution in [-0.4, -0.2) is 90.2 Å². The molecule has 43 heavy (non-hydrogen) atoms. The van der Waals surface area contributed by atoms with E-state index >= 15 is 4.39 Å². The maximum Gasteiger partial charge on any atom is 0.264 e. The van der Waals surface area contributed by atoms with Crippen LogP contribution < -0.4 is 14.5 Å². The molecular formula is C30H29ClF3N5O4. The van der Waals surface area contributed by atoms with Gasteiger partial charge in [0.2, 0.25) is 11.8 Å². The summed E-state index contributed by atoms with van der Waals surface area (Å²) in [5, 5.41) is 10.6. The third-order valence-electron chi connectivity index (χ3n) is 8.19. The van der Waals surface area contributed by atoms with Crippen molar-refractivity contribution in [3.8, 4) is 22.8 Å². The lowest BCUT2D eigenvalue weighted by Gasteiger charge is -2.52. The zero-order valence-electron chi connectivity index (χ0n) is 23.7. The first-order chi connectivity index (χ1) is 20.4. The average Bonchev–Trinajstić information content (AvgIpc) is 2.95. The average molecular weight is 616 g/mol. The van der Waals surface area contributed by atoms with Crippen molar-refractivity contribution in [2.24, 2.45) is 0 Å². The van der Waals surface area contributed by atoms with Crippen LogP contribution in [0, 0.1) is 5.82 Å². The van der Waals surface area contributed by atoms with Gasteiger partial charge in [0.15, 0.2) is 5.82 Å². The molecule has 0 bridgehead atoms. The molecule has 3 aliphatic heterocycles. The Hall–Kier alpha value is -4.03. The topological polar surface area (TPSA) is 89.5 Å². The predicted molar refractivity (Wildman–Crippen MR) is 157 cm³/mol. The monoisotopic (exact) mass is 615 g/mol. The summed E-state index contributed by atoms with van der Waals surface area (Å²) < 4.78 is 50.8. The van der Waals surface area contributed by atoms with Crippen LogP contribution in [0.4, 0.5) is 24.5 Å². The molecule has 2 aromatic carbocycles. The van der Waals surface area contributed by atoms with E-state index in [4.69, 9.17) is 16.3 Å². The number of carbonyl (C=O) groups is 2. The number of rotatable bonds is 5. The highest BCUT2D eigenvalue weighted by molar-refractivity contribution is 6.35. The Bertz CT molecular complexity index is 1690. The number of hydrogen-bond donors (Lipinski definition) is 1. The zero-order valence-corrected chi connectivity index (χ0v) is 24.4. The summed E-state index contributed by atoms with van der Waals surface area (Å²) in [5.74, 6) is -2.13. The normalized spacial score (nSPS) is 21.3. The maximum atomic E-state index is 16.6. The number of benzene rings is 2. The quantitative estimate of drug-likeness (QED) is 0.420. The second-order valence-corrected chi connectivity index (χ2v) is 11.7. The molecule has 1 fully saturated rings. The van der Waals surface area contributed by atoms with Gasteiger partial charge in [0.25, 0.3) is 12.3 Å². The molecule has 4 heterocycles. The molecule has 0 aliphatic carbocycles. The highest BCUT2D eigenvalue weighted by Gasteiger charge is 2.49. The lowest BCUT2D eigenvalue weighted by atomic mass is 9.93. The van der Waals surface area contributed by atoms with Gasteiger partial charge >= 0.3 is 0 Å². The molecule has 1 N–H and O–H groups in total. The minimum Gasteiger partial charge on any atom is -0.507 e. The molecule has 1 aromatic heterocycles. The van der Waals surface area contributed by atoms with E-state index in [0.717, 1.165) is 6.07 Å². The van der Waals surface area contributed by atoms with Gasteiger partial charge in [-0.1, -0.05) is 30.3 Å². The fourth-order valence-corrected chi connectivity index (χ4v) is 6.66. The predicted octanol–water partition coefficient (Wildman–Crippen LogP) is 4.60. The smallest absolute Gasteiger partial charge is 0.264 e. The molecule has 3 aromatic rings. The van der Waals surface area contributed by atoms with Crippen LogP contribution >= 0.6 is 11.6 Å². The molecule has 0 spiro atoms. The van der Waals surface area contributed by atoms with Crippen molar-refractivity contribution in [2.45, 2.75) is 31.5 Å². The number of carbonyl (C=O) groups excluding carboxylic acids is 2. The Labute approximate surface area is 250 Å². The van der Waals surface area contributed by atoms with Crippen molar-refractivity contribution in [1.29, 1.82) is 0 Å². The first-order valence-corrected chi connectivity index (χ1v) is 14.1. The number of halogens is 4. The largest absolute Gasteiger partial charge is 0.507 e. The van der Waals surface area contributed by atoms with Gasteiger partial charge in [-0.2, -0.15) is 0 Å². The van der Waals surface area contributed by atoms with E-state index in [-0.39, 0.29) is 59.3 Å². The fraction of sp³-hybridized carbons (Fsp3) is 0.367. The van der Waals surface area contributed by atoms with Crippen molar-refractivity contribution in [3.05, 3.63) is 53.3 Å². The summed E-state index contributed by atoms with van der Waals surface area (Å²) in [5.41, 5.74) is -0.843. The Morgan fingerprint density at radius 1 is 1.26 bits per heavy atom. The zero-order chi connectivity index (χ0) is 30.9. The number of nitrogens with zero attached hydrogens (tertiary/aromatic N) is 5. The highest BCUT2D eigenvalue weighted by atomic mass is 35.5. The number of pyridine rings is 1. The van der Waals surface area contributed by atoms with Gasteiger partial charge in [0.05, 0.1) is 23.8 Å². The molecule has 0 saturated carbocycles. The van der Waals surface area contributed by atoms with Crippen molar-refractivity contribution >= 4 is 45.7 Å². The molecular weight excluding hydrogens is 587 g/mol. The Balaban J connectivity index is 1.63. The SMILES string of the molecule is C=CC(=O)N1C[C@@H]2C(=O)N3C[C@@H](CN(C)C)Oc4nc5c(F)c(-c6c(O)cccc6C(F)F)c(Cl)cc5c(c43)N2C[C@H]1C. The van der Waals surface area contributed by atoms with Gasteiger partial charge in [-0.15, -0.1) is 0 Å². The second kappa shape index (κ2) is 10.6. The van der Waals surface area contributed by atoms with Crippen molar-refractivity contribution in [1.82, 2.24) is 14.8 Å². The number of fused-ring (bicyclic) bond motifs is 4. The molecule has 13 heteroatoms. The number of phenolic OH excluding ortho intramolecular Hbond substituents is 1. The molecule has 226 valence electrons. The van der Waals surface area contributed by atoms with E-state index in [1.54, 1.807) is 9.80 Å². The minimum atomic E-state index is -3.02. The van der Waals surface area contributed by atoms with E-state index in [1.165, 1.54) is 24.3 Å². The van der Waals surface area contributed by atoms with Crippen LogP contribution in [0.1, 0.15) is 18.9 Å². The second-order valence-electron chi connectivity index (χ2n) is 11.3. The van der Waals surface area contributed by atoms with Gasteiger partial charge in [-0.25, -0.2) is 18.2 Å². The maximum absolute atomic E-state index is 16.6. The van der Waals surface area contributed by atoms with Gasteiger partial charge < -0.3 is 29.4 Å². The van der Waals surface area contributed by atoms with Crippen LogP contribution in [0.15, 0.2) is 36.9 Å². The summed E-state index contributed by atoms with van der Waals surface area (Å²) in [6, 6.07) is 3.81. The Kier molecular flexibility index (Phi) is 7.16. The number of alkyl halides is 2. The van der Waals surface area contributed by atoms with Gasteiger partial charge in [-0.3, -0.25) is 9.59 Å². The number of anilines is 2. The number of likely N-dealkylation sites (N-methyl/N-ethyl adjacent to an activating group) is 1. The summed E-state index contributed by atoms with van der Waals surface area (Å²) in [7, 11) is 3.69. The molecule has 6 rings (SSSR count). The van der Waals surface area contributed by atoms with E-state index in [0.29, 0.717) is 17.9 Å². The fourth-order valence-electron chi connectivity index (χ4n) is 6.37. The van der Waals surface area contributed by atoms with Gasteiger partial charge in [-0.05, 0) is 39.2 Å². The number of amides is 2. The Morgan fingerprint density at radius 3 is 2.67 bits per heavy atom. The Morgan fingerprint density at radius 2 is 2.00 bits per heavy atom. The first-order valence-electron chi connectivity index (χ1n) is 13.7. The number of phenols is 1. The van der Waals surface area contributed by atoms with Crippen molar-refractivity contribution < 1.29 is 32.6 Å².